The number of hydrogen-bond acceptors (Lipinski definition) is 5. The Morgan fingerprint density at radius 3 is 2.29 bits per heavy atom. The maximum Gasteiger partial charge on any atom is 0.175 e. The Morgan fingerprint density at radius 2 is 1.88 bits per heavy atom. The number of benzene rings is 1. The van der Waals surface area contributed by atoms with E-state index in [1.165, 1.54) is 18.0 Å². The first kappa shape index (κ1) is 14.5. The zero-order valence-electron chi connectivity index (χ0n) is 9.88. The highest BCUT2D eigenvalue weighted by molar-refractivity contribution is 7.99. The van der Waals surface area contributed by atoms with Gasteiger partial charge in [0.2, 0.25) is 0 Å². The van der Waals surface area contributed by atoms with Crippen LogP contribution in [0.5, 0.6) is 0 Å². The average molecular weight is 275 g/mol. The lowest BCUT2D eigenvalue weighted by molar-refractivity contribution is 0.0949. The van der Waals surface area contributed by atoms with Gasteiger partial charge in [0, 0.05) is 23.4 Å². The molecule has 1 atom stereocenters. The van der Waals surface area contributed by atoms with Crippen LogP contribution in [0.2, 0.25) is 0 Å². The van der Waals surface area contributed by atoms with Gasteiger partial charge in [0.25, 0.3) is 0 Å². The van der Waals surface area contributed by atoms with E-state index in [4.69, 9.17) is 5.73 Å². The molecule has 0 aromatic heterocycles. The molecule has 6 heteroatoms. The minimum absolute atomic E-state index is 0.196. The van der Waals surface area contributed by atoms with Crippen LogP contribution >= 0.6 is 11.8 Å². The van der Waals surface area contributed by atoms with E-state index in [0.717, 1.165) is 4.90 Å². The van der Waals surface area contributed by atoms with Crippen molar-refractivity contribution in [1.29, 1.82) is 0 Å². The molecule has 0 aliphatic carbocycles. The maximum absolute atomic E-state index is 11.2. The molecule has 4 nitrogen and oxygen atoms in total. The van der Waals surface area contributed by atoms with Crippen LogP contribution < -0.4 is 5.73 Å². The van der Waals surface area contributed by atoms with Crippen LogP contribution in [0.25, 0.3) is 0 Å². The summed E-state index contributed by atoms with van der Waals surface area (Å²) in [5.41, 5.74) is 4.51. The molecule has 0 amide bonds. The molecule has 96 valence electrons. The number of rotatable bonds is 5. The summed E-state index contributed by atoms with van der Waals surface area (Å²) in [5, 5.41) is 9.73. The molecule has 0 spiro atoms. The van der Waals surface area contributed by atoms with Gasteiger partial charge < -0.3 is 10.8 Å². The second kappa shape index (κ2) is 5.39. The first-order valence-electron chi connectivity index (χ1n) is 5.10. The molecular formula is C11H17NO3S2. The van der Waals surface area contributed by atoms with Gasteiger partial charge in [0.05, 0.1) is 10.5 Å². The van der Waals surface area contributed by atoms with Gasteiger partial charge in [-0.1, -0.05) is 0 Å². The van der Waals surface area contributed by atoms with Gasteiger partial charge in [-0.3, -0.25) is 0 Å². The lowest BCUT2D eigenvalue weighted by atomic mass is 10.1. The van der Waals surface area contributed by atoms with Crippen molar-refractivity contribution in [3.8, 4) is 0 Å². The summed E-state index contributed by atoms with van der Waals surface area (Å²) in [4.78, 5) is 1.21. The number of aliphatic hydroxyl groups is 1. The van der Waals surface area contributed by atoms with Crippen LogP contribution in [0.4, 0.5) is 0 Å². The van der Waals surface area contributed by atoms with E-state index >= 15 is 0 Å². The van der Waals surface area contributed by atoms with Crippen molar-refractivity contribution in [2.75, 3.05) is 18.6 Å². The average Bonchev–Trinajstić information content (AvgIpc) is 2.26. The second-order valence-electron chi connectivity index (χ2n) is 4.23. The van der Waals surface area contributed by atoms with Crippen molar-refractivity contribution in [3.05, 3.63) is 24.3 Å². The van der Waals surface area contributed by atoms with Gasteiger partial charge in [-0.05, 0) is 31.2 Å². The molecule has 0 aliphatic rings. The highest BCUT2D eigenvalue weighted by Gasteiger charge is 2.18. The fourth-order valence-corrected chi connectivity index (χ4v) is 2.64. The molecule has 0 heterocycles. The third kappa shape index (κ3) is 4.67. The zero-order chi connectivity index (χ0) is 13.1. The van der Waals surface area contributed by atoms with Crippen LogP contribution in [-0.2, 0) is 9.84 Å². The second-order valence-corrected chi connectivity index (χ2v) is 7.30. The molecule has 0 bridgehead atoms. The summed E-state index contributed by atoms with van der Waals surface area (Å²) in [6, 6.07) is 6.59. The Balaban J connectivity index is 2.70. The maximum atomic E-state index is 11.2. The van der Waals surface area contributed by atoms with E-state index < -0.39 is 15.4 Å². The lowest BCUT2D eigenvalue weighted by Crippen LogP contribution is -2.36. The van der Waals surface area contributed by atoms with Crippen LogP contribution in [-0.4, -0.2) is 37.7 Å². The monoisotopic (exact) mass is 275 g/mol. The molecule has 1 rings (SSSR count). The minimum Gasteiger partial charge on any atom is -0.388 e. The standard InChI is InChI=1S/C11H17NO3S2/c1-11(13,7-12)8-16-9-3-5-10(6-4-9)17(2,14)15/h3-6,13H,7-8,12H2,1-2H3. The fourth-order valence-electron chi connectivity index (χ4n) is 1.08. The molecule has 1 aromatic rings. The van der Waals surface area contributed by atoms with Crippen molar-refractivity contribution >= 4 is 21.6 Å². The SMILES string of the molecule is CC(O)(CN)CSc1ccc(S(C)(=O)=O)cc1. The molecule has 0 aliphatic heterocycles. The predicted octanol–water partition coefficient (Wildman–Crippen LogP) is 0.892. The zero-order valence-corrected chi connectivity index (χ0v) is 11.5. The van der Waals surface area contributed by atoms with Gasteiger partial charge in [-0.25, -0.2) is 8.42 Å². The first-order chi connectivity index (χ1) is 7.74. The van der Waals surface area contributed by atoms with Gasteiger partial charge in [0.15, 0.2) is 9.84 Å². The Kier molecular flexibility index (Phi) is 4.60. The highest BCUT2D eigenvalue weighted by atomic mass is 32.2. The lowest BCUT2D eigenvalue weighted by Gasteiger charge is -2.20. The summed E-state index contributed by atoms with van der Waals surface area (Å²) in [6.45, 7) is 1.87. The molecule has 0 fully saturated rings. The van der Waals surface area contributed by atoms with Crippen LogP contribution in [0, 0.1) is 0 Å². The summed E-state index contributed by atoms with van der Waals surface area (Å²) in [7, 11) is -3.15. The Hall–Kier alpha value is -0.560. The van der Waals surface area contributed by atoms with Crippen LogP contribution in [0.15, 0.2) is 34.1 Å². The Bertz CT molecular complexity index is 466. The molecular weight excluding hydrogens is 258 g/mol. The van der Waals surface area contributed by atoms with E-state index in [9.17, 15) is 13.5 Å². The smallest absolute Gasteiger partial charge is 0.175 e. The summed E-state index contributed by atoms with van der Waals surface area (Å²) >= 11 is 1.45. The normalized spacial score (nSPS) is 15.5. The molecule has 0 radical (unpaired) electrons. The van der Waals surface area contributed by atoms with Crippen molar-refractivity contribution in [1.82, 2.24) is 0 Å². The van der Waals surface area contributed by atoms with E-state index in [1.807, 2.05) is 0 Å². The van der Waals surface area contributed by atoms with Crippen LogP contribution in [0.3, 0.4) is 0 Å². The van der Waals surface area contributed by atoms with Gasteiger partial charge in [0.1, 0.15) is 0 Å². The summed E-state index contributed by atoms with van der Waals surface area (Å²) in [5.74, 6) is 0.474. The Labute approximate surface area is 106 Å². The summed E-state index contributed by atoms with van der Waals surface area (Å²) < 4.78 is 22.5. The van der Waals surface area contributed by atoms with E-state index in [1.54, 1.807) is 31.2 Å². The van der Waals surface area contributed by atoms with Crippen molar-refractivity contribution in [3.63, 3.8) is 0 Å². The number of sulfone groups is 1. The Morgan fingerprint density at radius 1 is 1.35 bits per heavy atom. The van der Waals surface area contributed by atoms with Crippen molar-refractivity contribution in [2.45, 2.75) is 22.3 Å². The molecule has 17 heavy (non-hydrogen) atoms. The molecule has 1 aromatic carbocycles. The van der Waals surface area contributed by atoms with Gasteiger partial charge in [-0.15, -0.1) is 11.8 Å². The number of hydrogen-bond donors (Lipinski definition) is 2. The van der Waals surface area contributed by atoms with Crippen molar-refractivity contribution in [2.24, 2.45) is 5.73 Å². The fraction of sp³-hybridized carbons (Fsp3) is 0.455. The highest BCUT2D eigenvalue weighted by Crippen LogP contribution is 2.23. The third-order valence-electron chi connectivity index (χ3n) is 2.24. The van der Waals surface area contributed by atoms with Gasteiger partial charge in [-0.2, -0.15) is 0 Å². The van der Waals surface area contributed by atoms with Gasteiger partial charge >= 0.3 is 0 Å². The van der Waals surface area contributed by atoms with E-state index in [0.29, 0.717) is 10.6 Å². The quantitative estimate of drug-likeness (QED) is 0.780. The first-order valence-corrected chi connectivity index (χ1v) is 7.98. The number of nitrogens with two attached hydrogens (primary N) is 1. The molecule has 0 saturated heterocycles. The molecule has 1 unspecified atom stereocenters. The molecule has 3 N–H and O–H groups in total. The largest absolute Gasteiger partial charge is 0.388 e. The molecule has 0 saturated carbocycles. The van der Waals surface area contributed by atoms with E-state index in [2.05, 4.69) is 0 Å². The van der Waals surface area contributed by atoms with Crippen molar-refractivity contribution < 1.29 is 13.5 Å². The van der Waals surface area contributed by atoms with Crippen LogP contribution in [0.1, 0.15) is 6.92 Å². The predicted molar refractivity (Wildman–Crippen MR) is 70.0 cm³/mol. The minimum atomic E-state index is -3.15. The summed E-state index contributed by atoms with van der Waals surface area (Å²) in [6.07, 6.45) is 1.17. The number of thioether (sulfide) groups is 1. The topological polar surface area (TPSA) is 80.4 Å². The van der Waals surface area contributed by atoms with E-state index in [-0.39, 0.29) is 6.54 Å². The third-order valence-corrected chi connectivity index (χ3v) is 4.74.